The van der Waals surface area contributed by atoms with E-state index in [1.165, 1.54) is 28.3 Å². The van der Waals surface area contributed by atoms with Crippen LogP contribution >= 0.6 is 0 Å². The summed E-state index contributed by atoms with van der Waals surface area (Å²) in [6.45, 7) is 1.46. The molecule has 1 aromatic carbocycles. The molecule has 21 heavy (non-hydrogen) atoms. The number of ketones is 1. The molecule has 0 unspecified atom stereocenters. The van der Waals surface area contributed by atoms with E-state index in [4.69, 9.17) is 18.9 Å². The zero-order valence-electron chi connectivity index (χ0n) is 12.5. The Bertz CT molecular complexity index is 540. The maximum Gasteiger partial charge on any atom is 0.307 e. The molecule has 1 aliphatic rings. The van der Waals surface area contributed by atoms with Crippen LogP contribution < -0.4 is 14.2 Å². The summed E-state index contributed by atoms with van der Waals surface area (Å²) in [6.07, 6.45) is -0.528. The van der Waals surface area contributed by atoms with Gasteiger partial charge in [0.25, 0.3) is 0 Å². The molecule has 1 fully saturated rings. The van der Waals surface area contributed by atoms with Crippen LogP contribution in [0.15, 0.2) is 12.1 Å². The smallest absolute Gasteiger partial charge is 0.307 e. The minimum atomic E-state index is -0.622. The molecule has 0 aromatic heterocycles. The van der Waals surface area contributed by atoms with Crippen molar-refractivity contribution >= 4 is 11.8 Å². The standard InChI is InChI=1S/C15H18O6/c1-8(16)10-7-13(17)21-14(10)9-5-11(18-2)15(20-4)12(6-9)19-3/h5-6,10,14H,7H2,1-4H3/t10-,14-/m1/s1. The predicted octanol–water partition coefficient (Wildman–Crippen LogP) is 1.91. The first-order valence-electron chi connectivity index (χ1n) is 6.51. The highest BCUT2D eigenvalue weighted by Crippen LogP contribution is 2.44. The maximum atomic E-state index is 11.7. The Morgan fingerprint density at radius 1 is 1.14 bits per heavy atom. The second-order valence-corrected chi connectivity index (χ2v) is 4.79. The van der Waals surface area contributed by atoms with Gasteiger partial charge in [-0.1, -0.05) is 0 Å². The van der Waals surface area contributed by atoms with Gasteiger partial charge in [-0.05, 0) is 19.1 Å². The number of carbonyl (C=O) groups is 2. The van der Waals surface area contributed by atoms with Gasteiger partial charge in [0.1, 0.15) is 11.9 Å². The molecule has 6 heteroatoms. The number of Topliss-reactive ketones (excluding diaryl/α,β-unsaturated/α-hetero) is 1. The Morgan fingerprint density at radius 3 is 2.14 bits per heavy atom. The monoisotopic (exact) mass is 294 g/mol. The number of benzene rings is 1. The van der Waals surface area contributed by atoms with Crippen LogP contribution in [-0.4, -0.2) is 33.1 Å². The van der Waals surface area contributed by atoms with E-state index in [0.29, 0.717) is 22.8 Å². The summed E-state index contributed by atoms with van der Waals surface area (Å²) >= 11 is 0. The Balaban J connectivity index is 2.48. The zero-order chi connectivity index (χ0) is 15.6. The summed E-state index contributed by atoms with van der Waals surface area (Å²) < 4.78 is 21.1. The molecule has 0 aliphatic carbocycles. The SMILES string of the molecule is COc1cc([C@H]2OC(=O)C[C@@H]2C(C)=O)cc(OC)c1OC. The lowest BCUT2D eigenvalue weighted by Crippen LogP contribution is -2.15. The minimum Gasteiger partial charge on any atom is -0.493 e. The molecule has 0 spiro atoms. The van der Waals surface area contributed by atoms with Crippen LogP contribution in [0.5, 0.6) is 17.2 Å². The molecule has 1 aliphatic heterocycles. The van der Waals surface area contributed by atoms with Gasteiger partial charge in [-0.2, -0.15) is 0 Å². The van der Waals surface area contributed by atoms with Gasteiger partial charge in [0.2, 0.25) is 5.75 Å². The average molecular weight is 294 g/mol. The van der Waals surface area contributed by atoms with Crippen LogP contribution in [0, 0.1) is 5.92 Å². The molecule has 1 heterocycles. The lowest BCUT2D eigenvalue weighted by atomic mass is 9.92. The molecule has 0 saturated carbocycles. The molecule has 2 rings (SSSR count). The van der Waals surface area contributed by atoms with E-state index in [1.54, 1.807) is 12.1 Å². The normalized spacial score (nSPS) is 20.9. The molecule has 0 radical (unpaired) electrons. The fraction of sp³-hybridized carbons (Fsp3) is 0.467. The van der Waals surface area contributed by atoms with Crippen LogP contribution in [0.3, 0.4) is 0 Å². The molecule has 114 valence electrons. The third kappa shape index (κ3) is 2.79. The number of carbonyl (C=O) groups excluding carboxylic acids is 2. The fourth-order valence-corrected chi connectivity index (χ4v) is 2.48. The van der Waals surface area contributed by atoms with Crippen molar-refractivity contribution < 1.29 is 28.5 Å². The van der Waals surface area contributed by atoms with Crippen LogP contribution in [0.1, 0.15) is 25.0 Å². The highest BCUT2D eigenvalue weighted by molar-refractivity contribution is 5.87. The minimum absolute atomic E-state index is 0.0837. The Hall–Kier alpha value is -2.24. The molecule has 1 saturated heterocycles. The van der Waals surface area contributed by atoms with Crippen LogP contribution in [0.4, 0.5) is 0 Å². The van der Waals surface area contributed by atoms with Gasteiger partial charge in [-0.15, -0.1) is 0 Å². The molecular weight excluding hydrogens is 276 g/mol. The van der Waals surface area contributed by atoms with Crippen molar-refractivity contribution in [1.29, 1.82) is 0 Å². The Morgan fingerprint density at radius 2 is 1.71 bits per heavy atom. The summed E-state index contributed by atoms with van der Waals surface area (Å²) in [5, 5.41) is 0. The molecule has 1 aromatic rings. The molecule has 0 amide bonds. The van der Waals surface area contributed by atoms with Gasteiger partial charge in [0, 0.05) is 5.56 Å². The van der Waals surface area contributed by atoms with E-state index < -0.39 is 12.0 Å². The third-order valence-electron chi connectivity index (χ3n) is 3.55. The largest absolute Gasteiger partial charge is 0.493 e. The second kappa shape index (κ2) is 6.03. The Labute approximate surface area is 122 Å². The summed E-state index contributed by atoms with van der Waals surface area (Å²) in [5.41, 5.74) is 0.649. The number of hydrogen-bond donors (Lipinski definition) is 0. The predicted molar refractivity (Wildman–Crippen MR) is 73.7 cm³/mol. The molecule has 0 N–H and O–H groups in total. The van der Waals surface area contributed by atoms with E-state index in [-0.39, 0.29) is 18.2 Å². The van der Waals surface area contributed by atoms with E-state index in [1.807, 2.05) is 0 Å². The molecule has 0 bridgehead atoms. The van der Waals surface area contributed by atoms with Crippen molar-refractivity contribution in [3.05, 3.63) is 17.7 Å². The highest BCUT2D eigenvalue weighted by Gasteiger charge is 2.39. The number of methoxy groups -OCH3 is 3. The lowest BCUT2D eigenvalue weighted by molar-refractivity contribution is -0.141. The molecular formula is C15H18O6. The van der Waals surface area contributed by atoms with Crippen molar-refractivity contribution in [2.24, 2.45) is 5.92 Å². The van der Waals surface area contributed by atoms with Crippen molar-refractivity contribution in [3.63, 3.8) is 0 Å². The van der Waals surface area contributed by atoms with E-state index in [9.17, 15) is 9.59 Å². The van der Waals surface area contributed by atoms with Gasteiger partial charge >= 0.3 is 5.97 Å². The van der Waals surface area contributed by atoms with Crippen LogP contribution in [0.25, 0.3) is 0 Å². The van der Waals surface area contributed by atoms with Crippen LogP contribution in [0.2, 0.25) is 0 Å². The number of ether oxygens (including phenoxy) is 4. The maximum absolute atomic E-state index is 11.7. The first kappa shape index (κ1) is 15.2. The first-order valence-corrected chi connectivity index (χ1v) is 6.51. The first-order chi connectivity index (χ1) is 10.0. The quantitative estimate of drug-likeness (QED) is 0.772. The highest BCUT2D eigenvalue weighted by atomic mass is 16.6. The van der Waals surface area contributed by atoms with Gasteiger partial charge in [-0.25, -0.2) is 0 Å². The summed E-state index contributed by atoms with van der Waals surface area (Å²) in [4.78, 5) is 23.2. The molecule has 6 nitrogen and oxygen atoms in total. The second-order valence-electron chi connectivity index (χ2n) is 4.79. The number of cyclic esters (lactones) is 1. The summed E-state index contributed by atoms with van der Waals surface area (Å²) in [7, 11) is 4.52. The van der Waals surface area contributed by atoms with Crippen molar-refractivity contribution in [1.82, 2.24) is 0 Å². The van der Waals surface area contributed by atoms with Gasteiger partial charge in [0.15, 0.2) is 11.5 Å². The van der Waals surface area contributed by atoms with Gasteiger partial charge < -0.3 is 18.9 Å². The van der Waals surface area contributed by atoms with Crippen LogP contribution in [-0.2, 0) is 14.3 Å². The van der Waals surface area contributed by atoms with Crippen molar-refractivity contribution in [2.45, 2.75) is 19.4 Å². The van der Waals surface area contributed by atoms with E-state index in [2.05, 4.69) is 0 Å². The number of esters is 1. The summed E-state index contributed by atoms with van der Waals surface area (Å²) in [5.74, 6) is 0.413. The third-order valence-corrected chi connectivity index (χ3v) is 3.55. The van der Waals surface area contributed by atoms with Gasteiger partial charge in [0.05, 0.1) is 33.7 Å². The van der Waals surface area contributed by atoms with E-state index in [0.717, 1.165) is 0 Å². The van der Waals surface area contributed by atoms with Gasteiger partial charge in [-0.3, -0.25) is 9.59 Å². The zero-order valence-corrected chi connectivity index (χ0v) is 12.5. The topological polar surface area (TPSA) is 71.1 Å². The number of hydrogen-bond acceptors (Lipinski definition) is 6. The average Bonchev–Trinajstić information content (AvgIpc) is 2.87. The van der Waals surface area contributed by atoms with Crippen molar-refractivity contribution in [3.8, 4) is 17.2 Å². The fourth-order valence-electron chi connectivity index (χ4n) is 2.48. The lowest BCUT2D eigenvalue weighted by Gasteiger charge is -2.19. The Kier molecular flexibility index (Phi) is 4.35. The van der Waals surface area contributed by atoms with Crippen molar-refractivity contribution in [2.75, 3.05) is 21.3 Å². The number of rotatable bonds is 5. The summed E-state index contributed by atoms with van der Waals surface area (Å²) in [6, 6.07) is 3.39. The van der Waals surface area contributed by atoms with E-state index >= 15 is 0 Å². The molecule has 2 atom stereocenters.